The number of pyridine rings is 1. The lowest BCUT2D eigenvalue weighted by Crippen LogP contribution is -2.04. The van der Waals surface area contributed by atoms with E-state index in [1.807, 2.05) is 36.4 Å². The summed E-state index contributed by atoms with van der Waals surface area (Å²) in [7, 11) is -1.20. The Hall–Kier alpha value is -2.47. The molecule has 3 aromatic rings. The Labute approximate surface area is 142 Å². The van der Waals surface area contributed by atoms with Crippen molar-refractivity contribution in [1.82, 2.24) is 4.98 Å². The Balaban J connectivity index is 2.12. The second-order valence-corrected chi connectivity index (χ2v) is 6.33. The summed E-state index contributed by atoms with van der Waals surface area (Å²) in [6.07, 6.45) is 5.12. The van der Waals surface area contributed by atoms with Crippen LogP contribution in [0, 0.1) is 0 Å². The first kappa shape index (κ1) is 16.4. The van der Waals surface area contributed by atoms with Crippen LogP contribution < -0.4 is 9.46 Å². The van der Waals surface area contributed by atoms with Gasteiger partial charge >= 0.3 is 0 Å². The molecule has 0 fully saturated rings. The van der Waals surface area contributed by atoms with Crippen LogP contribution in [0.2, 0.25) is 0 Å². The fourth-order valence-corrected chi connectivity index (χ4v) is 3.03. The van der Waals surface area contributed by atoms with E-state index in [9.17, 15) is 8.60 Å². The van der Waals surface area contributed by atoms with Crippen molar-refractivity contribution < 1.29 is 13.3 Å². The third-order valence-electron chi connectivity index (χ3n) is 3.54. The Morgan fingerprint density at radius 2 is 2.00 bits per heavy atom. The van der Waals surface area contributed by atoms with Crippen molar-refractivity contribution in [2.24, 2.45) is 0 Å². The smallest absolute Gasteiger partial charge is 0.129 e. The maximum atomic E-state index is 12.6. The molecular formula is C18H17FN2O2S. The van der Waals surface area contributed by atoms with E-state index in [1.165, 1.54) is 0 Å². The van der Waals surface area contributed by atoms with Gasteiger partial charge in [0.25, 0.3) is 0 Å². The summed E-state index contributed by atoms with van der Waals surface area (Å²) in [6.45, 7) is -0.617. The van der Waals surface area contributed by atoms with Crippen molar-refractivity contribution in [3.63, 3.8) is 0 Å². The lowest BCUT2D eigenvalue weighted by molar-refractivity contribution is 0.274. The van der Waals surface area contributed by atoms with Crippen LogP contribution >= 0.6 is 0 Å². The first-order valence-electron chi connectivity index (χ1n) is 7.45. The van der Waals surface area contributed by atoms with Crippen LogP contribution in [0.5, 0.6) is 5.75 Å². The second kappa shape index (κ2) is 7.40. The highest BCUT2D eigenvalue weighted by Gasteiger charge is 2.12. The molecule has 3 rings (SSSR count). The molecule has 0 saturated carbocycles. The second-order valence-electron chi connectivity index (χ2n) is 5.21. The van der Waals surface area contributed by atoms with Crippen LogP contribution in [0.4, 0.5) is 10.1 Å². The van der Waals surface area contributed by atoms with Gasteiger partial charge < -0.3 is 9.46 Å². The summed E-state index contributed by atoms with van der Waals surface area (Å²) in [4.78, 5) is 4.29. The van der Waals surface area contributed by atoms with Gasteiger partial charge in [-0.05, 0) is 17.5 Å². The highest BCUT2D eigenvalue weighted by atomic mass is 32.2. The highest BCUT2D eigenvalue weighted by molar-refractivity contribution is 7.85. The highest BCUT2D eigenvalue weighted by Crippen LogP contribution is 2.36. The van der Waals surface area contributed by atoms with E-state index in [1.54, 1.807) is 24.7 Å². The Kier molecular flexibility index (Phi) is 5.05. The molecule has 6 heteroatoms. The number of nitrogens with zero attached hydrogens (tertiary/aromatic N) is 1. The van der Waals surface area contributed by atoms with E-state index in [0.29, 0.717) is 11.4 Å². The molecule has 24 heavy (non-hydrogen) atoms. The van der Waals surface area contributed by atoms with Crippen LogP contribution in [-0.4, -0.2) is 28.7 Å². The molecule has 0 aliphatic rings. The molecule has 1 N–H and O–H groups in total. The number of aromatic nitrogens is 1. The van der Waals surface area contributed by atoms with Crippen LogP contribution in [0.1, 0.15) is 0 Å². The van der Waals surface area contributed by atoms with E-state index in [2.05, 4.69) is 9.71 Å². The van der Waals surface area contributed by atoms with Crippen molar-refractivity contribution in [1.29, 1.82) is 0 Å². The number of ether oxygens (including phenoxy) is 1. The summed E-state index contributed by atoms with van der Waals surface area (Å²) >= 11 is 0. The first-order valence-corrected chi connectivity index (χ1v) is 9.01. The molecule has 2 aromatic carbocycles. The van der Waals surface area contributed by atoms with Crippen LogP contribution in [0.25, 0.3) is 21.9 Å². The average molecular weight is 344 g/mol. The van der Waals surface area contributed by atoms with Crippen LogP contribution in [0.3, 0.4) is 0 Å². The molecule has 0 saturated heterocycles. The zero-order chi connectivity index (χ0) is 16.9. The van der Waals surface area contributed by atoms with E-state index in [-0.39, 0.29) is 6.61 Å². The molecule has 1 heterocycles. The topological polar surface area (TPSA) is 51.2 Å². The zero-order valence-electron chi connectivity index (χ0n) is 13.2. The number of rotatable bonds is 6. The number of halogens is 1. The number of hydrogen-bond donors (Lipinski definition) is 1. The molecule has 1 unspecified atom stereocenters. The third-order valence-corrected chi connectivity index (χ3v) is 4.06. The quantitative estimate of drug-likeness (QED) is 0.736. The third kappa shape index (κ3) is 3.54. The molecule has 1 aromatic heterocycles. The maximum Gasteiger partial charge on any atom is 0.129 e. The molecule has 0 aliphatic heterocycles. The number of anilines is 1. The Bertz CT molecular complexity index is 881. The number of alkyl halides is 1. The Morgan fingerprint density at radius 1 is 1.17 bits per heavy atom. The van der Waals surface area contributed by atoms with E-state index in [4.69, 9.17) is 4.74 Å². The monoisotopic (exact) mass is 344 g/mol. The predicted octanol–water partition coefficient (Wildman–Crippen LogP) is 3.96. The molecule has 124 valence electrons. The van der Waals surface area contributed by atoms with Gasteiger partial charge in [-0.2, -0.15) is 0 Å². The van der Waals surface area contributed by atoms with Crippen molar-refractivity contribution in [2.45, 2.75) is 0 Å². The number of benzene rings is 2. The van der Waals surface area contributed by atoms with Gasteiger partial charge in [-0.25, -0.2) is 8.60 Å². The summed E-state index contributed by atoms with van der Waals surface area (Å²) in [5, 5.41) is 2.06. The lowest BCUT2D eigenvalue weighted by atomic mass is 10.00. The van der Waals surface area contributed by atoms with Gasteiger partial charge in [0.2, 0.25) is 0 Å². The standard InChI is InChI=1S/C18H17FN2O2S/c1-24(22)21-14-6-7-16(18(10-14)23-9-8-19)17-12-20-11-13-4-2-3-5-15(13)17/h2-7,10-12,21H,8-9H2,1H3. The van der Waals surface area contributed by atoms with Crippen molar-refractivity contribution in [2.75, 3.05) is 24.3 Å². The predicted molar refractivity (Wildman–Crippen MR) is 96.3 cm³/mol. The Morgan fingerprint density at radius 3 is 2.79 bits per heavy atom. The molecule has 4 nitrogen and oxygen atoms in total. The number of nitrogens with one attached hydrogen (secondary N) is 1. The van der Waals surface area contributed by atoms with Crippen molar-refractivity contribution in [3.8, 4) is 16.9 Å². The molecule has 0 bridgehead atoms. The number of hydrogen-bond acceptors (Lipinski definition) is 3. The molecule has 0 aliphatic carbocycles. The zero-order valence-corrected chi connectivity index (χ0v) is 14.0. The summed E-state index contributed by atoms with van der Waals surface area (Å²) in [6, 6.07) is 13.3. The van der Waals surface area contributed by atoms with Gasteiger partial charge in [0.15, 0.2) is 0 Å². The lowest BCUT2D eigenvalue weighted by Gasteiger charge is -2.14. The molecular weight excluding hydrogens is 327 g/mol. The van der Waals surface area contributed by atoms with Crippen molar-refractivity contribution in [3.05, 3.63) is 54.9 Å². The summed E-state index contributed by atoms with van der Waals surface area (Å²) in [5.41, 5.74) is 2.38. The summed E-state index contributed by atoms with van der Waals surface area (Å²) < 4.78 is 32.3. The van der Waals surface area contributed by atoms with Gasteiger partial charge in [-0.15, -0.1) is 0 Å². The maximum absolute atomic E-state index is 12.6. The molecule has 0 spiro atoms. The fraction of sp³-hybridized carbons (Fsp3) is 0.167. The number of fused-ring (bicyclic) bond motifs is 1. The van der Waals surface area contributed by atoms with Crippen molar-refractivity contribution >= 4 is 27.4 Å². The van der Waals surface area contributed by atoms with Gasteiger partial charge in [0, 0.05) is 46.9 Å². The largest absolute Gasteiger partial charge is 0.490 e. The van der Waals surface area contributed by atoms with E-state index < -0.39 is 17.7 Å². The minimum Gasteiger partial charge on any atom is -0.490 e. The minimum absolute atomic E-state index is 0.0378. The average Bonchev–Trinajstić information content (AvgIpc) is 2.59. The van der Waals surface area contributed by atoms with Crippen LogP contribution in [0.15, 0.2) is 54.9 Å². The summed E-state index contributed by atoms with van der Waals surface area (Å²) in [5.74, 6) is 0.529. The molecule has 0 radical (unpaired) electrons. The fourth-order valence-electron chi connectivity index (χ4n) is 2.57. The molecule has 1 atom stereocenters. The first-order chi connectivity index (χ1) is 11.7. The molecule has 0 amide bonds. The van der Waals surface area contributed by atoms with E-state index in [0.717, 1.165) is 21.9 Å². The van der Waals surface area contributed by atoms with E-state index >= 15 is 0 Å². The normalized spacial score (nSPS) is 12.1. The van der Waals surface area contributed by atoms with Gasteiger partial charge in [-0.3, -0.25) is 4.98 Å². The van der Waals surface area contributed by atoms with Gasteiger partial charge in [0.1, 0.15) is 30.0 Å². The SMILES string of the molecule is CS(=O)Nc1ccc(-c2cncc3ccccc23)c(OCCF)c1. The van der Waals surface area contributed by atoms with Gasteiger partial charge in [0.05, 0.1) is 0 Å². The minimum atomic E-state index is -1.20. The van der Waals surface area contributed by atoms with Gasteiger partial charge in [-0.1, -0.05) is 24.3 Å². The van der Waals surface area contributed by atoms with Crippen LogP contribution in [-0.2, 0) is 11.0 Å².